The largest absolute Gasteiger partial charge is 0.376 e. The Morgan fingerprint density at radius 3 is 2.17 bits per heavy atom. The molecular weight excluding hydrogens is 290 g/mol. The van der Waals surface area contributed by atoms with Crippen molar-refractivity contribution in [3.05, 3.63) is 54.1 Å². The van der Waals surface area contributed by atoms with Gasteiger partial charge in [-0.1, -0.05) is 19.1 Å². The van der Waals surface area contributed by atoms with E-state index in [-0.39, 0.29) is 18.4 Å². The minimum atomic E-state index is -0.112. The Morgan fingerprint density at radius 2 is 1.52 bits per heavy atom. The summed E-state index contributed by atoms with van der Waals surface area (Å²) in [4.78, 5) is 23.2. The fourth-order valence-electron chi connectivity index (χ4n) is 2.03. The van der Waals surface area contributed by atoms with Crippen molar-refractivity contribution >= 4 is 28.9 Å². The molecule has 2 aromatic carbocycles. The molecule has 0 bridgehead atoms. The third-order valence-corrected chi connectivity index (χ3v) is 3.24. The average molecular weight is 311 g/mol. The molecule has 5 heteroatoms. The summed E-state index contributed by atoms with van der Waals surface area (Å²) < 4.78 is 0. The van der Waals surface area contributed by atoms with Crippen LogP contribution in [0.3, 0.4) is 0 Å². The summed E-state index contributed by atoms with van der Waals surface area (Å²) in [7, 11) is 0. The maximum Gasteiger partial charge on any atom is 0.243 e. The van der Waals surface area contributed by atoms with Gasteiger partial charge in [0.1, 0.15) is 0 Å². The number of benzene rings is 2. The summed E-state index contributed by atoms with van der Waals surface area (Å²) in [5.74, 6) is -0.137. The SMILES string of the molecule is CCC(=O)Nc1ccc(NCC(=O)Nc2cccc(C)c2)cc1. The quantitative estimate of drug-likeness (QED) is 0.766. The molecule has 0 saturated carbocycles. The van der Waals surface area contributed by atoms with Crippen molar-refractivity contribution < 1.29 is 9.59 Å². The highest BCUT2D eigenvalue weighted by molar-refractivity contribution is 5.94. The zero-order chi connectivity index (χ0) is 16.7. The van der Waals surface area contributed by atoms with Crippen LogP contribution in [-0.2, 0) is 9.59 Å². The molecule has 0 aromatic heterocycles. The highest BCUT2D eigenvalue weighted by atomic mass is 16.2. The maximum atomic E-state index is 11.9. The zero-order valence-electron chi connectivity index (χ0n) is 13.3. The Bertz CT molecular complexity index is 681. The standard InChI is InChI=1S/C18H21N3O2/c1-3-17(22)20-15-9-7-14(8-10-15)19-12-18(23)21-16-6-4-5-13(2)11-16/h4-11,19H,3,12H2,1-2H3,(H,20,22)(H,21,23). The molecule has 0 unspecified atom stereocenters. The van der Waals surface area contributed by atoms with E-state index in [1.54, 1.807) is 19.1 Å². The van der Waals surface area contributed by atoms with Crippen LogP contribution in [0, 0.1) is 6.92 Å². The molecule has 0 saturated heterocycles. The second kappa shape index (κ2) is 7.98. The summed E-state index contributed by atoms with van der Waals surface area (Å²) in [6.07, 6.45) is 0.444. The molecule has 0 fully saturated rings. The van der Waals surface area contributed by atoms with E-state index in [2.05, 4.69) is 16.0 Å². The Hall–Kier alpha value is -2.82. The van der Waals surface area contributed by atoms with Crippen molar-refractivity contribution in [1.29, 1.82) is 0 Å². The highest BCUT2D eigenvalue weighted by Crippen LogP contribution is 2.14. The van der Waals surface area contributed by atoms with Crippen molar-refractivity contribution in [2.75, 3.05) is 22.5 Å². The van der Waals surface area contributed by atoms with E-state index in [1.165, 1.54) is 0 Å². The van der Waals surface area contributed by atoms with Crippen LogP contribution in [-0.4, -0.2) is 18.4 Å². The predicted octanol–water partition coefficient (Wildman–Crippen LogP) is 3.39. The van der Waals surface area contributed by atoms with Crippen LogP contribution in [0.2, 0.25) is 0 Å². The van der Waals surface area contributed by atoms with E-state index in [9.17, 15) is 9.59 Å². The molecule has 2 amide bonds. The summed E-state index contributed by atoms with van der Waals surface area (Å²) in [6, 6.07) is 14.9. The number of rotatable bonds is 6. The lowest BCUT2D eigenvalue weighted by Crippen LogP contribution is -2.21. The first-order valence-corrected chi connectivity index (χ1v) is 7.57. The lowest BCUT2D eigenvalue weighted by Gasteiger charge is -2.09. The minimum Gasteiger partial charge on any atom is -0.376 e. The molecule has 0 atom stereocenters. The number of hydrogen-bond donors (Lipinski definition) is 3. The summed E-state index contributed by atoms with van der Waals surface area (Å²) in [6.45, 7) is 3.96. The van der Waals surface area contributed by atoms with Crippen molar-refractivity contribution in [3.63, 3.8) is 0 Å². The van der Waals surface area contributed by atoms with Crippen LogP contribution < -0.4 is 16.0 Å². The normalized spacial score (nSPS) is 10.0. The number of anilines is 3. The second-order valence-electron chi connectivity index (χ2n) is 5.25. The van der Waals surface area contributed by atoms with Gasteiger partial charge in [0.15, 0.2) is 0 Å². The molecule has 2 rings (SSSR count). The maximum absolute atomic E-state index is 11.9. The predicted molar refractivity (Wildman–Crippen MR) is 93.7 cm³/mol. The van der Waals surface area contributed by atoms with Gasteiger partial charge >= 0.3 is 0 Å². The van der Waals surface area contributed by atoms with E-state index in [1.807, 2.05) is 43.3 Å². The van der Waals surface area contributed by atoms with Crippen LogP contribution in [0.5, 0.6) is 0 Å². The van der Waals surface area contributed by atoms with Crippen LogP contribution >= 0.6 is 0 Å². The third kappa shape index (κ3) is 5.47. The van der Waals surface area contributed by atoms with Crippen LogP contribution in [0.25, 0.3) is 0 Å². The molecule has 3 N–H and O–H groups in total. The molecule has 0 aliphatic heterocycles. The molecule has 0 radical (unpaired) electrons. The van der Waals surface area contributed by atoms with Gasteiger partial charge in [0.2, 0.25) is 11.8 Å². The molecular formula is C18H21N3O2. The van der Waals surface area contributed by atoms with Crippen LogP contribution in [0.4, 0.5) is 17.1 Å². The molecule has 0 spiro atoms. The third-order valence-electron chi connectivity index (χ3n) is 3.24. The van der Waals surface area contributed by atoms with Crippen molar-refractivity contribution in [2.45, 2.75) is 20.3 Å². The van der Waals surface area contributed by atoms with E-state index in [0.29, 0.717) is 6.42 Å². The van der Waals surface area contributed by atoms with Crippen LogP contribution in [0.15, 0.2) is 48.5 Å². The molecule has 0 aliphatic rings. The molecule has 23 heavy (non-hydrogen) atoms. The van der Waals surface area contributed by atoms with E-state index in [0.717, 1.165) is 22.6 Å². The van der Waals surface area contributed by atoms with Gasteiger partial charge in [0.25, 0.3) is 0 Å². The Labute approximate surface area is 136 Å². The monoisotopic (exact) mass is 311 g/mol. The summed E-state index contributed by atoms with van der Waals surface area (Å²) in [5, 5.41) is 8.66. The first kappa shape index (κ1) is 16.5. The van der Waals surface area contributed by atoms with Gasteiger partial charge in [0, 0.05) is 23.5 Å². The van der Waals surface area contributed by atoms with Crippen LogP contribution in [0.1, 0.15) is 18.9 Å². The molecule has 0 heterocycles. The topological polar surface area (TPSA) is 70.2 Å². The summed E-state index contributed by atoms with van der Waals surface area (Å²) >= 11 is 0. The first-order chi connectivity index (χ1) is 11.1. The summed E-state index contributed by atoms with van der Waals surface area (Å²) in [5.41, 5.74) is 3.44. The minimum absolute atomic E-state index is 0.0248. The molecule has 0 aliphatic carbocycles. The lowest BCUT2D eigenvalue weighted by molar-refractivity contribution is -0.116. The van der Waals surface area contributed by atoms with Gasteiger partial charge in [-0.15, -0.1) is 0 Å². The van der Waals surface area contributed by atoms with Gasteiger partial charge in [-0.2, -0.15) is 0 Å². The van der Waals surface area contributed by atoms with Crippen molar-refractivity contribution in [3.8, 4) is 0 Å². The van der Waals surface area contributed by atoms with Gasteiger partial charge in [-0.25, -0.2) is 0 Å². The zero-order valence-corrected chi connectivity index (χ0v) is 13.3. The number of carbonyl (C=O) groups excluding carboxylic acids is 2. The fraction of sp³-hybridized carbons (Fsp3) is 0.222. The Balaban J connectivity index is 1.83. The average Bonchev–Trinajstić information content (AvgIpc) is 2.54. The van der Waals surface area contributed by atoms with Crippen molar-refractivity contribution in [1.82, 2.24) is 0 Å². The number of nitrogens with one attached hydrogen (secondary N) is 3. The fourth-order valence-corrected chi connectivity index (χ4v) is 2.03. The van der Waals surface area contributed by atoms with Gasteiger partial charge in [0.05, 0.1) is 6.54 Å². The molecule has 120 valence electrons. The first-order valence-electron chi connectivity index (χ1n) is 7.57. The Kier molecular flexibility index (Phi) is 5.74. The van der Waals surface area contributed by atoms with Crippen molar-refractivity contribution in [2.24, 2.45) is 0 Å². The van der Waals surface area contributed by atoms with Gasteiger partial charge in [-0.3, -0.25) is 9.59 Å². The number of hydrogen-bond acceptors (Lipinski definition) is 3. The van der Waals surface area contributed by atoms with E-state index in [4.69, 9.17) is 0 Å². The lowest BCUT2D eigenvalue weighted by atomic mass is 10.2. The highest BCUT2D eigenvalue weighted by Gasteiger charge is 2.03. The Morgan fingerprint density at radius 1 is 0.870 bits per heavy atom. The molecule has 5 nitrogen and oxygen atoms in total. The second-order valence-corrected chi connectivity index (χ2v) is 5.25. The molecule has 2 aromatic rings. The number of amides is 2. The van der Waals surface area contributed by atoms with E-state index >= 15 is 0 Å². The number of aryl methyl sites for hydroxylation is 1. The smallest absolute Gasteiger partial charge is 0.243 e. The van der Waals surface area contributed by atoms with Gasteiger partial charge < -0.3 is 16.0 Å². The van der Waals surface area contributed by atoms with E-state index < -0.39 is 0 Å². The number of carbonyl (C=O) groups is 2. The van der Waals surface area contributed by atoms with Gasteiger partial charge in [-0.05, 0) is 48.9 Å².